The van der Waals surface area contributed by atoms with E-state index in [9.17, 15) is 14.0 Å². The highest BCUT2D eigenvalue weighted by molar-refractivity contribution is 6.01. The molecule has 1 N–H and O–H groups in total. The van der Waals surface area contributed by atoms with E-state index in [1.165, 1.54) is 18.3 Å². The molecule has 146 valence electrons. The van der Waals surface area contributed by atoms with Crippen molar-refractivity contribution >= 4 is 17.5 Å². The molecule has 0 aliphatic carbocycles. The van der Waals surface area contributed by atoms with E-state index in [4.69, 9.17) is 0 Å². The summed E-state index contributed by atoms with van der Waals surface area (Å²) < 4.78 is 13.4. The first kappa shape index (κ1) is 18.8. The van der Waals surface area contributed by atoms with Gasteiger partial charge in [-0.05, 0) is 60.4 Å². The monoisotopic (exact) mass is 389 g/mol. The fourth-order valence-corrected chi connectivity index (χ4v) is 3.58. The fraction of sp³-hybridized carbons (Fsp3) is 0.174. The minimum absolute atomic E-state index is 0.183. The van der Waals surface area contributed by atoms with Crippen LogP contribution in [0.25, 0.3) is 11.1 Å². The summed E-state index contributed by atoms with van der Waals surface area (Å²) in [6.07, 6.45) is 4.53. The third-order valence-corrected chi connectivity index (χ3v) is 5.04. The van der Waals surface area contributed by atoms with E-state index in [1.54, 1.807) is 41.4 Å². The molecule has 2 aromatic carbocycles. The van der Waals surface area contributed by atoms with Gasteiger partial charge in [0.25, 0.3) is 5.91 Å². The predicted molar refractivity (Wildman–Crippen MR) is 109 cm³/mol. The standard InChI is InChI=1S/C23H20FN3O2/c24-19-6-1-4-17(14-19)16-8-10-20(11-9-16)26-22(28)21-7-3-13-27(21)23(29)18-5-2-12-25-15-18/h1-2,4-6,8-12,14-15,21H,3,7,13H2,(H,26,28)/t21-/m0/s1. The van der Waals surface area contributed by atoms with Crippen LogP contribution in [0.2, 0.25) is 0 Å². The Balaban J connectivity index is 1.45. The van der Waals surface area contributed by atoms with Crippen molar-refractivity contribution in [3.05, 3.63) is 84.4 Å². The molecule has 1 aliphatic heterocycles. The molecular weight excluding hydrogens is 369 g/mol. The Morgan fingerprint density at radius 2 is 1.86 bits per heavy atom. The van der Waals surface area contributed by atoms with Crippen LogP contribution in [-0.2, 0) is 4.79 Å². The Kier molecular flexibility index (Phi) is 5.33. The van der Waals surface area contributed by atoms with Gasteiger partial charge >= 0.3 is 0 Å². The highest BCUT2D eigenvalue weighted by Gasteiger charge is 2.34. The van der Waals surface area contributed by atoms with E-state index in [0.717, 1.165) is 17.5 Å². The van der Waals surface area contributed by atoms with Gasteiger partial charge in [0.2, 0.25) is 5.91 Å². The molecule has 0 radical (unpaired) electrons. The zero-order chi connectivity index (χ0) is 20.2. The molecule has 2 amide bonds. The minimum Gasteiger partial charge on any atom is -0.327 e. The van der Waals surface area contributed by atoms with Gasteiger partial charge in [0.05, 0.1) is 5.56 Å². The molecule has 1 aliphatic rings. The van der Waals surface area contributed by atoms with Crippen molar-refractivity contribution in [1.29, 1.82) is 0 Å². The van der Waals surface area contributed by atoms with E-state index in [2.05, 4.69) is 10.3 Å². The van der Waals surface area contributed by atoms with E-state index in [0.29, 0.717) is 24.2 Å². The van der Waals surface area contributed by atoms with Gasteiger partial charge in [0.15, 0.2) is 0 Å². The van der Waals surface area contributed by atoms with Gasteiger partial charge < -0.3 is 10.2 Å². The molecule has 5 nitrogen and oxygen atoms in total. The van der Waals surface area contributed by atoms with Crippen molar-refractivity contribution in [3.63, 3.8) is 0 Å². The normalized spacial score (nSPS) is 15.9. The van der Waals surface area contributed by atoms with Gasteiger partial charge in [0.1, 0.15) is 11.9 Å². The highest BCUT2D eigenvalue weighted by Crippen LogP contribution is 2.24. The Morgan fingerprint density at radius 1 is 1.03 bits per heavy atom. The number of carbonyl (C=O) groups excluding carboxylic acids is 2. The molecule has 6 heteroatoms. The first-order valence-corrected chi connectivity index (χ1v) is 9.50. The third-order valence-electron chi connectivity index (χ3n) is 5.04. The molecule has 1 aromatic heterocycles. The minimum atomic E-state index is -0.509. The number of anilines is 1. The Bertz CT molecular complexity index is 1020. The lowest BCUT2D eigenvalue weighted by Gasteiger charge is -2.24. The summed E-state index contributed by atoms with van der Waals surface area (Å²) in [5.41, 5.74) is 2.74. The third kappa shape index (κ3) is 4.16. The second-order valence-corrected chi connectivity index (χ2v) is 6.98. The lowest BCUT2D eigenvalue weighted by atomic mass is 10.1. The number of hydrogen-bond donors (Lipinski definition) is 1. The van der Waals surface area contributed by atoms with Crippen LogP contribution in [0.3, 0.4) is 0 Å². The summed E-state index contributed by atoms with van der Waals surface area (Å²) in [6, 6.07) is 16.5. The number of likely N-dealkylation sites (tertiary alicyclic amines) is 1. The second kappa shape index (κ2) is 8.22. The Labute approximate surface area is 168 Å². The Hall–Kier alpha value is -3.54. The van der Waals surface area contributed by atoms with Crippen molar-refractivity contribution in [3.8, 4) is 11.1 Å². The van der Waals surface area contributed by atoms with Crippen LogP contribution >= 0.6 is 0 Å². The molecule has 1 saturated heterocycles. The van der Waals surface area contributed by atoms with Crippen molar-refractivity contribution in [2.75, 3.05) is 11.9 Å². The van der Waals surface area contributed by atoms with Crippen molar-refractivity contribution < 1.29 is 14.0 Å². The van der Waals surface area contributed by atoms with Crippen LogP contribution in [-0.4, -0.2) is 34.3 Å². The number of amides is 2. The summed E-state index contributed by atoms with van der Waals surface area (Å²) in [7, 11) is 0. The number of pyridine rings is 1. The van der Waals surface area contributed by atoms with E-state index in [1.807, 2.05) is 18.2 Å². The van der Waals surface area contributed by atoms with Crippen molar-refractivity contribution in [1.82, 2.24) is 9.88 Å². The largest absolute Gasteiger partial charge is 0.327 e. The number of nitrogens with one attached hydrogen (secondary N) is 1. The zero-order valence-electron chi connectivity index (χ0n) is 15.7. The summed E-state index contributed by atoms with van der Waals surface area (Å²) in [5.74, 6) is -0.685. The topological polar surface area (TPSA) is 62.3 Å². The highest BCUT2D eigenvalue weighted by atomic mass is 19.1. The lowest BCUT2D eigenvalue weighted by molar-refractivity contribution is -0.119. The van der Waals surface area contributed by atoms with E-state index >= 15 is 0 Å². The maximum absolute atomic E-state index is 13.4. The van der Waals surface area contributed by atoms with Crippen molar-refractivity contribution in [2.24, 2.45) is 0 Å². The summed E-state index contributed by atoms with van der Waals surface area (Å²) in [6.45, 7) is 0.546. The number of benzene rings is 2. The van der Waals surface area contributed by atoms with Crippen LogP contribution in [0.4, 0.5) is 10.1 Å². The average molecular weight is 389 g/mol. The van der Waals surface area contributed by atoms with Gasteiger partial charge in [-0.2, -0.15) is 0 Å². The smallest absolute Gasteiger partial charge is 0.256 e. The van der Waals surface area contributed by atoms with E-state index < -0.39 is 6.04 Å². The predicted octanol–water partition coefficient (Wildman–Crippen LogP) is 4.13. The molecule has 4 rings (SSSR count). The molecule has 0 unspecified atom stereocenters. The molecule has 1 atom stereocenters. The summed E-state index contributed by atoms with van der Waals surface area (Å²) in [5, 5.41) is 2.89. The molecule has 2 heterocycles. The summed E-state index contributed by atoms with van der Waals surface area (Å²) >= 11 is 0. The maximum Gasteiger partial charge on any atom is 0.256 e. The van der Waals surface area contributed by atoms with Gasteiger partial charge in [0, 0.05) is 24.6 Å². The lowest BCUT2D eigenvalue weighted by Crippen LogP contribution is -2.43. The molecule has 3 aromatic rings. The van der Waals surface area contributed by atoms with Gasteiger partial charge in [-0.1, -0.05) is 24.3 Å². The number of aromatic nitrogens is 1. The Morgan fingerprint density at radius 3 is 2.59 bits per heavy atom. The van der Waals surface area contributed by atoms with Crippen LogP contribution in [0.1, 0.15) is 23.2 Å². The number of hydrogen-bond acceptors (Lipinski definition) is 3. The number of halogens is 1. The first-order chi connectivity index (χ1) is 14.1. The quantitative estimate of drug-likeness (QED) is 0.730. The van der Waals surface area contributed by atoms with Gasteiger partial charge in [-0.15, -0.1) is 0 Å². The zero-order valence-corrected chi connectivity index (χ0v) is 15.7. The first-order valence-electron chi connectivity index (χ1n) is 9.50. The number of carbonyl (C=O) groups is 2. The molecule has 0 spiro atoms. The number of rotatable bonds is 4. The molecule has 1 fully saturated rings. The van der Waals surface area contributed by atoms with Crippen LogP contribution < -0.4 is 5.32 Å². The van der Waals surface area contributed by atoms with E-state index in [-0.39, 0.29) is 17.6 Å². The fourth-order valence-electron chi connectivity index (χ4n) is 3.58. The van der Waals surface area contributed by atoms with Crippen LogP contribution in [0.15, 0.2) is 73.1 Å². The van der Waals surface area contributed by atoms with Gasteiger partial charge in [-0.3, -0.25) is 14.6 Å². The molecule has 0 saturated carbocycles. The number of nitrogens with zero attached hydrogens (tertiary/aromatic N) is 2. The second-order valence-electron chi connectivity index (χ2n) is 6.98. The van der Waals surface area contributed by atoms with Crippen LogP contribution in [0, 0.1) is 5.82 Å². The molecule has 29 heavy (non-hydrogen) atoms. The van der Waals surface area contributed by atoms with Crippen molar-refractivity contribution in [2.45, 2.75) is 18.9 Å². The SMILES string of the molecule is O=C(Nc1ccc(-c2cccc(F)c2)cc1)[C@@H]1CCCN1C(=O)c1cccnc1. The summed E-state index contributed by atoms with van der Waals surface area (Å²) in [4.78, 5) is 31.1. The average Bonchev–Trinajstić information content (AvgIpc) is 3.24. The molecule has 0 bridgehead atoms. The molecular formula is C23H20FN3O2. The van der Waals surface area contributed by atoms with Crippen LogP contribution in [0.5, 0.6) is 0 Å². The maximum atomic E-state index is 13.4. The van der Waals surface area contributed by atoms with Gasteiger partial charge in [-0.25, -0.2) is 4.39 Å².